The summed E-state index contributed by atoms with van der Waals surface area (Å²) in [4.78, 5) is 11.2. The second kappa shape index (κ2) is 6.88. The number of hydrogen-bond donors (Lipinski definition) is 1. The molecule has 0 spiro atoms. The van der Waals surface area contributed by atoms with E-state index in [1.165, 1.54) is 0 Å². The number of benzene rings is 1. The van der Waals surface area contributed by atoms with Crippen LogP contribution in [-0.4, -0.2) is 12.5 Å². The van der Waals surface area contributed by atoms with Crippen LogP contribution in [0.5, 0.6) is 5.75 Å². The number of hydrogen-bond acceptors (Lipinski definition) is 2. The highest BCUT2D eigenvalue weighted by atomic mass is 16.5. The van der Waals surface area contributed by atoms with Gasteiger partial charge in [0.25, 0.3) is 0 Å². The Morgan fingerprint density at radius 3 is 2.88 bits per heavy atom. The van der Waals surface area contributed by atoms with Gasteiger partial charge in [0, 0.05) is 18.2 Å². The molecule has 0 heterocycles. The van der Waals surface area contributed by atoms with Crippen molar-refractivity contribution < 1.29 is 9.53 Å². The summed E-state index contributed by atoms with van der Waals surface area (Å²) < 4.78 is 5.55. The first-order chi connectivity index (χ1) is 7.76. The Balaban J connectivity index is 2.53. The van der Waals surface area contributed by atoms with Crippen molar-refractivity contribution in [2.24, 2.45) is 0 Å². The lowest BCUT2D eigenvalue weighted by atomic mass is 10.3. The van der Waals surface area contributed by atoms with Gasteiger partial charge in [-0.1, -0.05) is 26.3 Å². The molecule has 0 radical (unpaired) electrons. The van der Waals surface area contributed by atoms with Gasteiger partial charge in [0.1, 0.15) is 5.75 Å². The van der Waals surface area contributed by atoms with Crippen LogP contribution in [0.1, 0.15) is 33.1 Å². The average Bonchev–Trinajstić information content (AvgIpc) is 2.30. The maximum atomic E-state index is 11.2. The maximum absolute atomic E-state index is 11.2. The zero-order chi connectivity index (χ0) is 11.8. The Morgan fingerprint density at radius 1 is 1.38 bits per heavy atom. The monoisotopic (exact) mass is 221 g/mol. The molecule has 0 saturated carbocycles. The van der Waals surface area contributed by atoms with Crippen LogP contribution in [0.4, 0.5) is 5.69 Å². The van der Waals surface area contributed by atoms with Crippen molar-refractivity contribution in [3.63, 3.8) is 0 Å². The minimum Gasteiger partial charge on any atom is -0.494 e. The predicted octanol–water partition coefficient (Wildman–Crippen LogP) is 3.21. The SMILES string of the molecule is CCCCOc1cccc(NC(=O)CC)c1. The number of carbonyl (C=O) groups is 1. The summed E-state index contributed by atoms with van der Waals surface area (Å²) in [5.74, 6) is 0.827. The van der Waals surface area contributed by atoms with E-state index >= 15 is 0 Å². The molecule has 1 aromatic rings. The molecule has 1 N–H and O–H groups in total. The number of amides is 1. The molecule has 1 amide bonds. The van der Waals surface area contributed by atoms with Crippen LogP contribution in [0.15, 0.2) is 24.3 Å². The summed E-state index contributed by atoms with van der Waals surface area (Å²) >= 11 is 0. The quantitative estimate of drug-likeness (QED) is 0.749. The van der Waals surface area contributed by atoms with Crippen LogP contribution in [0.2, 0.25) is 0 Å². The molecule has 0 saturated heterocycles. The lowest BCUT2D eigenvalue weighted by molar-refractivity contribution is -0.115. The van der Waals surface area contributed by atoms with Crippen LogP contribution < -0.4 is 10.1 Å². The van der Waals surface area contributed by atoms with Gasteiger partial charge in [0.15, 0.2) is 0 Å². The van der Waals surface area contributed by atoms with E-state index in [0.717, 1.165) is 30.9 Å². The third-order valence-corrected chi connectivity index (χ3v) is 2.21. The molecule has 0 bridgehead atoms. The van der Waals surface area contributed by atoms with E-state index in [2.05, 4.69) is 12.2 Å². The summed E-state index contributed by atoms with van der Waals surface area (Å²) in [6, 6.07) is 7.49. The number of unbranched alkanes of at least 4 members (excludes halogenated alkanes) is 1. The highest BCUT2D eigenvalue weighted by molar-refractivity contribution is 5.90. The third kappa shape index (κ3) is 4.34. The number of anilines is 1. The highest BCUT2D eigenvalue weighted by Crippen LogP contribution is 2.17. The summed E-state index contributed by atoms with van der Waals surface area (Å²) in [6.07, 6.45) is 2.65. The van der Waals surface area contributed by atoms with Gasteiger partial charge < -0.3 is 10.1 Å². The van der Waals surface area contributed by atoms with Gasteiger partial charge in [-0.25, -0.2) is 0 Å². The summed E-state index contributed by atoms with van der Waals surface area (Å²) in [7, 11) is 0. The van der Waals surface area contributed by atoms with Crippen molar-refractivity contribution in [1.82, 2.24) is 0 Å². The van der Waals surface area contributed by atoms with E-state index in [4.69, 9.17) is 4.74 Å². The lowest BCUT2D eigenvalue weighted by Gasteiger charge is -2.08. The normalized spacial score (nSPS) is 9.88. The molecule has 16 heavy (non-hydrogen) atoms. The van der Waals surface area contributed by atoms with Crippen LogP contribution in [0.3, 0.4) is 0 Å². The molecule has 3 heteroatoms. The highest BCUT2D eigenvalue weighted by Gasteiger charge is 2.00. The average molecular weight is 221 g/mol. The molecule has 0 aliphatic heterocycles. The smallest absolute Gasteiger partial charge is 0.224 e. The standard InChI is InChI=1S/C13H19NO2/c1-3-5-9-16-12-8-6-7-11(10-12)14-13(15)4-2/h6-8,10H,3-5,9H2,1-2H3,(H,14,15). The molecule has 0 unspecified atom stereocenters. The molecule has 1 aromatic carbocycles. The van der Waals surface area contributed by atoms with E-state index in [1.807, 2.05) is 31.2 Å². The van der Waals surface area contributed by atoms with Crippen LogP contribution in [0, 0.1) is 0 Å². The largest absolute Gasteiger partial charge is 0.494 e. The van der Waals surface area contributed by atoms with Gasteiger partial charge in [0.05, 0.1) is 6.61 Å². The topological polar surface area (TPSA) is 38.3 Å². The Kier molecular flexibility index (Phi) is 5.40. The van der Waals surface area contributed by atoms with E-state index in [1.54, 1.807) is 0 Å². The number of ether oxygens (including phenoxy) is 1. The zero-order valence-electron chi connectivity index (χ0n) is 9.95. The van der Waals surface area contributed by atoms with Gasteiger partial charge in [-0.05, 0) is 18.6 Å². The van der Waals surface area contributed by atoms with E-state index in [-0.39, 0.29) is 5.91 Å². The molecular formula is C13H19NO2. The van der Waals surface area contributed by atoms with Crippen LogP contribution >= 0.6 is 0 Å². The Morgan fingerprint density at radius 2 is 2.19 bits per heavy atom. The summed E-state index contributed by atoms with van der Waals surface area (Å²) in [5, 5.41) is 2.80. The predicted molar refractivity (Wildman–Crippen MR) is 65.8 cm³/mol. The number of carbonyl (C=O) groups excluding carboxylic acids is 1. The lowest BCUT2D eigenvalue weighted by Crippen LogP contribution is -2.09. The van der Waals surface area contributed by atoms with Crippen molar-refractivity contribution in [2.45, 2.75) is 33.1 Å². The molecule has 0 aromatic heterocycles. The molecule has 1 rings (SSSR count). The van der Waals surface area contributed by atoms with E-state index in [0.29, 0.717) is 6.42 Å². The first kappa shape index (κ1) is 12.6. The zero-order valence-corrected chi connectivity index (χ0v) is 9.95. The molecule has 0 atom stereocenters. The van der Waals surface area contributed by atoms with Crippen LogP contribution in [0.25, 0.3) is 0 Å². The molecule has 3 nitrogen and oxygen atoms in total. The Bertz CT molecular complexity index is 336. The summed E-state index contributed by atoms with van der Waals surface area (Å²) in [6.45, 7) is 4.68. The van der Waals surface area contributed by atoms with Crippen molar-refractivity contribution in [2.75, 3.05) is 11.9 Å². The molecule has 88 valence electrons. The molecule has 0 aliphatic rings. The summed E-state index contributed by atoms with van der Waals surface area (Å²) in [5.41, 5.74) is 0.792. The third-order valence-electron chi connectivity index (χ3n) is 2.21. The fourth-order valence-corrected chi connectivity index (χ4v) is 1.25. The molecule has 0 aliphatic carbocycles. The van der Waals surface area contributed by atoms with Gasteiger partial charge in [0.2, 0.25) is 5.91 Å². The number of rotatable bonds is 6. The first-order valence-corrected chi connectivity index (χ1v) is 5.79. The van der Waals surface area contributed by atoms with Crippen LogP contribution in [-0.2, 0) is 4.79 Å². The van der Waals surface area contributed by atoms with Gasteiger partial charge in [-0.15, -0.1) is 0 Å². The van der Waals surface area contributed by atoms with Gasteiger partial charge in [-0.3, -0.25) is 4.79 Å². The second-order valence-corrected chi connectivity index (χ2v) is 3.63. The Hall–Kier alpha value is -1.51. The van der Waals surface area contributed by atoms with E-state index in [9.17, 15) is 4.79 Å². The van der Waals surface area contributed by atoms with Crippen molar-refractivity contribution >= 4 is 11.6 Å². The first-order valence-electron chi connectivity index (χ1n) is 5.79. The fraction of sp³-hybridized carbons (Fsp3) is 0.462. The Labute approximate surface area is 96.8 Å². The second-order valence-electron chi connectivity index (χ2n) is 3.63. The molecule has 0 fully saturated rings. The minimum atomic E-state index is 0.0192. The van der Waals surface area contributed by atoms with Gasteiger partial charge >= 0.3 is 0 Å². The van der Waals surface area contributed by atoms with E-state index < -0.39 is 0 Å². The number of nitrogens with one attached hydrogen (secondary N) is 1. The van der Waals surface area contributed by atoms with Crippen molar-refractivity contribution in [3.05, 3.63) is 24.3 Å². The van der Waals surface area contributed by atoms with Gasteiger partial charge in [-0.2, -0.15) is 0 Å². The van der Waals surface area contributed by atoms with Crippen molar-refractivity contribution in [1.29, 1.82) is 0 Å². The molecular weight excluding hydrogens is 202 g/mol. The van der Waals surface area contributed by atoms with Crippen molar-refractivity contribution in [3.8, 4) is 5.75 Å². The fourth-order valence-electron chi connectivity index (χ4n) is 1.25. The minimum absolute atomic E-state index is 0.0192. The maximum Gasteiger partial charge on any atom is 0.224 e.